The molecule has 1 saturated heterocycles. The molecule has 18 heavy (non-hydrogen) atoms. The zero-order valence-electron chi connectivity index (χ0n) is 10.5. The third-order valence-electron chi connectivity index (χ3n) is 2.85. The Balaban J connectivity index is 2.15. The van der Waals surface area contributed by atoms with Crippen LogP contribution in [-0.4, -0.2) is 37.2 Å². The fourth-order valence-electron chi connectivity index (χ4n) is 2.04. The van der Waals surface area contributed by atoms with Crippen LogP contribution in [0.5, 0.6) is 5.75 Å². The molecule has 1 aromatic rings. The summed E-state index contributed by atoms with van der Waals surface area (Å²) in [6, 6.07) is 7.63. The number of nitrogens with zero attached hydrogens (tertiary/aromatic N) is 1. The fraction of sp³-hybridized carbons (Fsp3) is 0.462. The Bertz CT molecular complexity index is 422. The fourth-order valence-corrected chi connectivity index (χ4v) is 2.04. The second kappa shape index (κ2) is 5.73. The highest BCUT2D eigenvalue weighted by atomic mass is 16.6. The van der Waals surface area contributed by atoms with Gasteiger partial charge in [0, 0.05) is 18.7 Å². The maximum absolute atomic E-state index is 11.6. The van der Waals surface area contributed by atoms with Crippen molar-refractivity contribution in [3.63, 3.8) is 0 Å². The maximum Gasteiger partial charge on any atom is 0.410 e. The van der Waals surface area contributed by atoms with Crippen LogP contribution in [0, 0.1) is 0 Å². The number of para-hydroxylation sites is 1. The molecule has 5 nitrogen and oxygen atoms in total. The zero-order chi connectivity index (χ0) is 13.0. The molecular formula is C13H18N2O3. The van der Waals surface area contributed by atoms with Gasteiger partial charge in [-0.25, -0.2) is 4.79 Å². The first-order chi connectivity index (χ1) is 8.76. The first-order valence-corrected chi connectivity index (χ1v) is 6.13. The van der Waals surface area contributed by atoms with Crippen molar-refractivity contribution in [1.82, 2.24) is 4.90 Å². The van der Waals surface area contributed by atoms with E-state index < -0.39 is 0 Å². The summed E-state index contributed by atoms with van der Waals surface area (Å²) in [6.07, 6.45) is -0.580. The van der Waals surface area contributed by atoms with Crippen molar-refractivity contribution in [3.8, 4) is 5.75 Å². The first-order valence-electron chi connectivity index (χ1n) is 6.13. The average molecular weight is 250 g/mol. The normalized spacial score (nSPS) is 18.9. The second-order valence-corrected chi connectivity index (χ2v) is 4.08. The standard InChI is InChI=1S/C13H18N2O3/c1-2-17-11-6-4-3-5-10(11)12-9-15(8-7-14)13(16)18-12/h3-6,12H,2,7-9,14H2,1H3. The van der Waals surface area contributed by atoms with Gasteiger partial charge in [-0.1, -0.05) is 18.2 Å². The summed E-state index contributed by atoms with van der Waals surface area (Å²) in [6.45, 7) is 4.00. The van der Waals surface area contributed by atoms with Gasteiger partial charge in [-0.15, -0.1) is 0 Å². The summed E-state index contributed by atoms with van der Waals surface area (Å²) in [5, 5.41) is 0. The molecule has 2 rings (SSSR count). The van der Waals surface area contributed by atoms with E-state index in [0.717, 1.165) is 11.3 Å². The molecule has 1 heterocycles. The van der Waals surface area contributed by atoms with Crippen molar-refractivity contribution in [2.45, 2.75) is 13.0 Å². The van der Waals surface area contributed by atoms with Gasteiger partial charge < -0.3 is 20.1 Å². The number of amides is 1. The molecule has 1 fully saturated rings. The van der Waals surface area contributed by atoms with Crippen LogP contribution < -0.4 is 10.5 Å². The largest absolute Gasteiger partial charge is 0.493 e. The number of cyclic esters (lactones) is 1. The smallest absolute Gasteiger partial charge is 0.410 e. The summed E-state index contributed by atoms with van der Waals surface area (Å²) in [7, 11) is 0. The quantitative estimate of drug-likeness (QED) is 0.860. The van der Waals surface area contributed by atoms with Crippen LogP contribution in [0.4, 0.5) is 4.79 Å². The van der Waals surface area contributed by atoms with Gasteiger partial charge in [-0.05, 0) is 13.0 Å². The van der Waals surface area contributed by atoms with Crippen molar-refractivity contribution in [2.24, 2.45) is 5.73 Å². The number of carbonyl (C=O) groups excluding carboxylic acids is 1. The monoisotopic (exact) mass is 250 g/mol. The van der Waals surface area contributed by atoms with Gasteiger partial charge in [0.1, 0.15) is 11.9 Å². The van der Waals surface area contributed by atoms with Crippen molar-refractivity contribution < 1.29 is 14.3 Å². The van der Waals surface area contributed by atoms with Crippen molar-refractivity contribution >= 4 is 6.09 Å². The van der Waals surface area contributed by atoms with E-state index in [1.54, 1.807) is 4.90 Å². The lowest BCUT2D eigenvalue weighted by atomic mass is 10.1. The SMILES string of the molecule is CCOc1ccccc1C1CN(CCN)C(=O)O1. The van der Waals surface area contributed by atoms with Gasteiger partial charge in [0.05, 0.1) is 13.2 Å². The summed E-state index contributed by atoms with van der Waals surface area (Å²) in [5.41, 5.74) is 6.37. The molecule has 0 radical (unpaired) electrons. The molecule has 1 aliphatic heterocycles. The molecule has 1 unspecified atom stereocenters. The highest BCUT2D eigenvalue weighted by Gasteiger charge is 2.33. The van der Waals surface area contributed by atoms with E-state index >= 15 is 0 Å². The van der Waals surface area contributed by atoms with Crippen LogP contribution in [-0.2, 0) is 4.74 Å². The van der Waals surface area contributed by atoms with Gasteiger partial charge in [-0.3, -0.25) is 0 Å². The van der Waals surface area contributed by atoms with Crippen LogP contribution in [0.15, 0.2) is 24.3 Å². The van der Waals surface area contributed by atoms with E-state index in [9.17, 15) is 4.79 Å². The van der Waals surface area contributed by atoms with Crippen molar-refractivity contribution in [1.29, 1.82) is 0 Å². The predicted octanol–water partition coefficient (Wildman–Crippen LogP) is 1.54. The van der Waals surface area contributed by atoms with Gasteiger partial charge in [0.25, 0.3) is 0 Å². The number of rotatable bonds is 5. The third-order valence-corrected chi connectivity index (χ3v) is 2.85. The minimum atomic E-state index is -0.309. The van der Waals surface area contributed by atoms with E-state index in [1.807, 2.05) is 31.2 Å². The Hall–Kier alpha value is -1.75. The number of hydrogen-bond donors (Lipinski definition) is 1. The molecule has 1 aromatic carbocycles. The molecule has 1 amide bonds. The lowest BCUT2D eigenvalue weighted by Crippen LogP contribution is -2.30. The Labute approximate surface area is 106 Å². The zero-order valence-corrected chi connectivity index (χ0v) is 10.5. The van der Waals surface area contributed by atoms with Gasteiger partial charge in [0.2, 0.25) is 0 Å². The Morgan fingerprint density at radius 3 is 3.00 bits per heavy atom. The van der Waals surface area contributed by atoms with Gasteiger partial charge >= 0.3 is 6.09 Å². The van der Waals surface area contributed by atoms with Gasteiger partial charge in [-0.2, -0.15) is 0 Å². The number of carbonyl (C=O) groups is 1. The van der Waals surface area contributed by atoms with E-state index in [1.165, 1.54) is 0 Å². The van der Waals surface area contributed by atoms with Gasteiger partial charge in [0.15, 0.2) is 0 Å². The topological polar surface area (TPSA) is 64.8 Å². The minimum absolute atomic E-state index is 0.271. The highest BCUT2D eigenvalue weighted by Crippen LogP contribution is 2.32. The lowest BCUT2D eigenvalue weighted by Gasteiger charge is -2.14. The van der Waals surface area contributed by atoms with Crippen molar-refractivity contribution in [3.05, 3.63) is 29.8 Å². The van der Waals surface area contributed by atoms with Crippen molar-refractivity contribution in [2.75, 3.05) is 26.2 Å². The average Bonchev–Trinajstić information content (AvgIpc) is 2.73. The Morgan fingerprint density at radius 1 is 1.50 bits per heavy atom. The molecule has 2 N–H and O–H groups in total. The van der Waals surface area contributed by atoms with E-state index in [-0.39, 0.29) is 12.2 Å². The maximum atomic E-state index is 11.6. The Morgan fingerprint density at radius 2 is 2.28 bits per heavy atom. The second-order valence-electron chi connectivity index (χ2n) is 4.08. The number of benzene rings is 1. The Kier molecular flexibility index (Phi) is 4.04. The van der Waals surface area contributed by atoms with Crippen LogP contribution in [0.2, 0.25) is 0 Å². The van der Waals surface area contributed by atoms with E-state index in [0.29, 0.717) is 26.2 Å². The molecule has 1 aliphatic rings. The summed E-state index contributed by atoms with van der Waals surface area (Å²) >= 11 is 0. The first kappa shape index (κ1) is 12.7. The lowest BCUT2D eigenvalue weighted by molar-refractivity contribution is 0.131. The molecule has 0 saturated carbocycles. The number of ether oxygens (including phenoxy) is 2. The molecule has 5 heteroatoms. The number of nitrogens with two attached hydrogens (primary N) is 1. The summed E-state index contributed by atoms with van der Waals surface area (Å²) in [4.78, 5) is 13.2. The summed E-state index contributed by atoms with van der Waals surface area (Å²) < 4.78 is 10.9. The molecule has 1 atom stereocenters. The molecule has 98 valence electrons. The third kappa shape index (κ3) is 2.56. The highest BCUT2D eigenvalue weighted by molar-refractivity contribution is 5.70. The molecule has 0 spiro atoms. The van der Waals surface area contributed by atoms with Crippen LogP contribution in [0.1, 0.15) is 18.6 Å². The minimum Gasteiger partial charge on any atom is -0.493 e. The van der Waals surface area contributed by atoms with Crippen LogP contribution in [0.3, 0.4) is 0 Å². The molecule has 0 aromatic heterocycles. The molecule has 0 aliphatic carbocycles. The number of hydrogen-bond acceptors (Lipinski definition) is 4. The summed E-state index contributed by atoms with van der Waals surface area (Å²) in [5.74, 6) is 0.771. The molecular weight excluding hydrogens is 232 g/mol. The van der Waals surface area contributed by atoms with Crippen LogP contribution >= 0.6 is 0 Å². The van der Waals surface area contributed by atoms with Crippen LogP contribution in [0.25, 0.3) is 0 Å². The predicted molar refractivity (Wildman–Crippen MR) is 67.5 cm³/mol. The van der Waals surface area contributed by atoms with E-state index in [4.69, 9.17) is 15.2 Å². The van der Waals surface area contributed by atoms with E-state index in [2.05, 4.69) is 0 Å². The molecule has 0 bridgehead atoms.